The Morgan fingerprint density at radius 1 is 1.00 bits per heavy atom. The molecule has 1 aliphatic carbocycles. The Balaban J connectivity index is 1.29. The Bertz CT molecular complexity index is 847. The lowest BCUT2D eigenvalue weighted by atomic mass is 9.87. The average molecular weight is 369 g/mol. The van der Waals surface area contributed by atoms with E-state index < -0.39 is 6.10 Å². The van der Waals surface area contributed by atoms with Crippen LogP contribution in [0.15, 0.2) is 36.4 Å². The summed E-state index contributed by atoms with van der Waals surface area (Å²) in [5.41, 5.74) is 3.06. The molecule has 4 nitrogen and oxygen atoms in total. The first-order chi connectivity index (χ1) is 13.2. The first kappa shape index (κ1) is 17.0. The van der Waals surface area contributed by atoms with E-state index in [-0.39, 0.29) is 11.9 Å². The molecule has 27 heavy (non-hydrogen) atoms. The van der Waals surface area contributed by atoms with Crippen molar-refractivity contribution < 1.29 is 19.0 Å². The van der Waals surface area contributed by atoms with E-state index in [4.69, 9.17) is 9.47 Å². The normalized spacial score (nSPS) is 25.4. The maximum atomic E-state index is 13.5. The lowest BCUT2D eigenvalue weighted by molar-refractivity contribution is 0.0454. The van der Waals surface area contributed by atoms with Crippen molar-refractivity contribution in [3.05, 3.63) is 58.9 Å². The topological polar surface area (TPSA) is 41.9 Å². The molecule has 0 amide bonds. The zero-order valence-electron chi connectivity index (χ0n) is 15.2. The minimum absolute atomic E-state index is 0.0482. The molecule has 5 heteroatoms. The average Bonchev–Trinajstić information content (AvgIpc) is 3.03. The van der Waals surface area contributed by atoms with Crippen LogP contribution in [0.5, 0.6) is 11.5 Å². The van der Waals surface area contributed by atoms with Gasteiger partial charge in [-0.05, 0) is 67.6 Å². The van der Waals surface area contributed by atoms with Gasteiger partial charge in [-0.3, -0.25) is 4.90 Å². The molecule has 2 heterocycles. The number of para-hydroxylation sites is 1. The molecular weight excluding hydrogens is 345 g/mol. The summed E-state index contributed by atoms with van der Waals surface area (Å²) in [6.45, 7) is 3.06. The van der Waals surface area contributed by atoms with Crippen LogP contribution < -0.4 is 9.47 Å². The van der Waals surface area contributed by atoms with E-state index in [9.17, 15) is 9.50 Å². The highest BCUT2D eigenvalue weighted by Gasteiger charge is 2.37. The molecule has 0 saturated carbocycles. The first-order valence-electron chi connectivity index (χ1n) is 9.79. The minimum atomic E-state index is -0.529. The summed E-state index contributed by atoms with van der Waals surface area (Å²) in [4.78, 5) is 2.37. The van der Waals surface area contributed by atoms with Crippen molar-refractivity contribution in [2.45, 2.75) is 37.3 Å². The monoisotopic (exact) mass is 369 g/mol. The second-order valence-corrected chi connectivity index (χ2v) is 7.74. The number of halogens is 1. The molecule has 1 saturated heterocycles. The molecule has 1 fully saturated rings. The molecule has 3 aliphatic rings. The van der Waals surface area contributed by atoms with E-state index in [0.29, 0.717) is 19.1 Å². The van der Waals surface area contributed by atoms with Crippen LogP contribution in [0.2, 0.25) is 0 Å². The van der Waals surface area contributed by atoms with E-state index in [1.165, 1.54) is 11.6 Å². The Morgan fingerprint density at radius 3 is 2.67 bits per heavy atom. The third kappa shape index (κ3) is 2.99. The van der Waals surface area contributed by atoms with Gasteiger partial charge in [0.25, 0.3) is 0 Å². The first-order valence-corrected chi connectivity index (χ1v) is 9.79. The Morgan fingerprint density at radius 2 is 1.81 bits per heavy atom. The second kappa shape index (κ2) is 6.80. The van der Waals surface area contributed by atoms with Crippen LogP contribution in [0.3, 0.4) is 0 Å². The number of aliphatic hydroxyl groups is 1. The Hall–Kier alpha value is -2.11. The lowest BCUT2D eigenvalue weighted by Gasteiger charge is -2.38. The third-order valence-electron chi connectivity index (χ3n) is 6.25. The smallest absolute Gasteiger partial charge is 0.164 e. The molecule has 2 aromatic rings. The maximum absolute atomic E-state index is 13.5. The number of benzene rings is 2. The molecule has 0 spiro atoms. The highest BCUT2D eigenvalue weighted by Crippen LogP contribution is 2.43. The molecule has 142 valence electrons. The largest absolute Gasteiger partial charge is 0.486 e. The van der Waals surface area contributed by atoms with Crippen LogP contribution >= 0.6 is 0 Å². The number of rotatable bonds is 2. The summed E-state index contributed by atoms with van der Waals surface area (Å²) in [7, 11) is 0. The maximum Gasteiger partial charge on any atom is 0.164 e. The summed E-state index contributed by atoms with van der Waals surface area (Å²) in [5, 5.41) is 10.7. The van der Waals surface area contributed by atoms with Gasteiger partial charge in [-0.1, -0.05) is 18.2 Å². The molecule has 5 rings (SSSR count). The van der Waals surface area contributed by atoms with Crippen molar-refractivity contribution in [1.29, 1.82) is 0 Å². The van der Waals surface area contributed by atoms with Gasteiger partial charge in [0.05, 0.1) is 6.10 Å². The summed E-state index contributed by atoms with van der Waals surface area (Å²) >= 11 is 0. The second-order valence-electron chi connectivity index (χ2n) is 7.74. The zero-order chi connectivity index (χ0) is 18.4. The van der Waals surface area contributed by atoms with Crippen LogP contribution in [-0.2, 0) is 6.42 Å². The molecular formula is C22H24FNO3. The molecule has 1 N–H and O–H groups in total. The predicted octanol–water partition coefficient (Wildman–Crippen LogP) is 3.43. The van der Waals surface area contributed by atoms with E-state index >= 15 is 0 Å². The van der Waals surface area contributed by atoms with E-state index in [2.05, 4.69) is 11.0 Å². The van der Waals surface area contributed by atoms with Gasteiger partial charge in [0.2, 0.25) is 0 Å². The van der Waals surface area contributed by atoms with Gasteiger partial charge < -0.3 is 14.6 Å². The number of nitrogens with zero attached hydrogens (tertiary/aromatic N) is 1. The summed E-state index contributed by atoms with van der Waals surface area (Å²) in [6, 6.07) is 11.0. The van der Waals surface area contributed by atoms with Gasteiger partial charge >= 0.3 is 0 Å². The standard InChI is InChI=1S/C22H24FNO3/c23-16-4-5-17-15(12-16)13-19(21(17)25)24-8-6-14(7-9-24)18-2-1-3-20-22(18)27-11-10-26-20/h1-5,12,14,19,21,25H,6-11,13H2/t19-,21-/m1/s1. The third-order valence-corrected chi connectivity index (χ3v) is 6.25. The van der Waals surface area contributed by atoms with E-state index in [0.717, 1.165) is 55.0 Å². The highest BCUT2D eigenvalue weighted by atomic mass is 19.1. The van der Waals surface area contributed by atoms with Crippen molar-refractivity contribution in [3.63, 3.8) is 0 Å². The molecule has 0 unspecified atom stereocenters. The number of aliphatic hydroxyl groups excluding tert-OH is 1. The summed E-state index contributed by atoms with van der Waals surface area (Å²) in [5.74, 6) is 1.98. The fourth-order valence-corrected chi connectivity index (χ4v) is 4.87. The van der Waals surface area contributed by atoms with Gasteiger partial charge in [-0.25, -0.2) is 4.39 Å². The van der Waals surface area contributed by atoms with Crippen molar-refractivity contribution in [2.75, 3.05) is 26.3 Å². The van der Waals surface area contributed by atoms with Gasteiger partial charge in [-0.2, -0.15) is 0 Å². The van der Waals surface area contributed by atoms with E-state index in [1.807, 2.05) is 12.1 Å². The van der Waals surface area contributed by atoms with Crippen molar-refractivity contribution in [2.24, 2.45) is 0 Å². The fraction of sp³-hybridized carbons (Fsp3) is 0.455. The van der Waals surface area contributed by atoms with Gasteiger partial charge in [0.15, 0.2) is 11.5 Å². The minimum Gasteiger partial charge on any atom is -0.486 e. The molecule has 2 atom stereocenters. The van der Waals surface area contributed by atoms with Crippen LogP contribution in [0.1, 0.15) is 41.6 Å². The van der Waals surface area contributed by atoms with Gasteiger partial charge in [-0.15, -0.1) is 0 Å². The van der Waals surface area contributed by atoms with Gasteiger partial charge in [0, 0.05) is 11.6 Å². The number of likely N-dealkylation sites (tertiary alicyclic amines) is 1. The molecule has 0 aromatic heterocycles. The highest BCUT2D eigenvalue weighted by molar-refractivity contribution is 5.49. The van der Waals surface area contributed by atoms with Crippen molar-refractivity contribution in [3.8, 4) is 11.5 Å². The number of piperidine rings is 1. The SMILES string of the molecule is O[C@@H]1c2ccc(F)cc2C[C@H]1N1CCC(c2cccc3c2OCCO3)CC1. The molecule has 2 aliphatic heterocycles. The fourth-order valence-electron chi connectivity index (χ4n) is 4.87. The molecule has 2 aromatic carbocycles. The van der Waals surface area contributed by atoms with Crippen LogP contribution in [0, 0.1) is 5.82 Å². The summed E-state index contributed by atoms with van der Waals surface area (Å²) < 4.78 is 25.1. The zero-order valence-corrected chi connectivity index (χ0v) is 15.2. The van der Waals surface area contributed by atoms with Crippen molar-refractivity contribution in [1.82, 2.24) is 4.90 Å². The van der Waals surface area contributed by atoms with Crippen molar-refractivity contribution >= 4 is 0 Å². The molecule has 0 radical (unpaired) electrons. The van der Waals surface area contributed by atoms with Crippen LogP contribution in [-0.4, -0.2) is 42.4 Å². The predicted molar refractivity (Wildman–Crippen MR) is 99.8 cm³/mol. The van der Waals surface area contributed by atoms with Crippen LogP contribution in [0.4, 0.5) is 4.39 Å². The molecule has 0 bridgehead atoms. The number of fused-ring (bicyclic) bond motifs is 2. The number of hydrogen-bond acceptors (Lipinski definition) is 4. The number of ether oxygens (including phenoxy) is 2. The Labute approximate surface area is 158 Å². The Kier molecular flexibility index (Phi) is 4.29. The van der Waals surface area contributed by atoms with E-state index in [1.54, 1.807) is 12.1 Å². The number of hydrogen-bond donors (Lipinski definition) is 1. The van der Waals surface area contributed by atoms with Crippen LogP contribution in [0.25, 0.3) is 0 Å². The quantitative estimate of drug-likeness (QED) is 0.881. The lowest BCUT2D eigenvalue weighted by Crippen LogP contribution is -2.43. The summed E-state index contributed by atoms with van der Waals surface area (Å²) in [6.07, 6.45) is 2.23. The van der Waals surface area contributed by atoms with Gasteiger partial charge in [0.1, 0.15) is 19.0 Å².